The molecule has 1 amide bonds. The van der Waals surface area contributed by atoms with Gasteiger partial charge >= 0.3 is 0 Å². The van der Waals surface area contributed by atoms with Gasteiger partial charge in [-0.05, 0) is 53.3 Å². The molecule has 0 fully saturated rings. The largest absolute Gasteiger partial charge is 0.363 e. The lowest BCUT2D eigenvalue weighted by Crippen LogP contribution is -2.23. The predicted octanol–water partition coefficient (Wildman–Crippen LogP) is 4.74. The fourth-order valence-electron chi connectivity index (χ4n) is 3.57. The number of halogens is 1. The minimum Gasteiger partial charge on any atom is -0.363 e. The van der Waals surface area contributed by atoms with Crippen molar-refractivity contribution in [1.29, 1.82) is 0 Å². The van der Waals surface area contributed by atoms with Crippen LogP contribution in [-0.2, 0) is 5.41 Å². The molecule has 0 radical (unpaired) electrons. The number of nitrogens with one attached hydrogen (secondary N) is 3. The average molecular weight is 420 g/mol. The summed E-state index contributed by atoms with van der Waals surface area (Å²) in [6.07, 6.45) is 7.33. The van der Waals surface area contributed by atoms with Gasteiger partial charge in [0, 0.05) is 17.8 Å². The monoisotopic (exact) mass is 419 g/mol. The lowest BCUT2D eigenvalue weighted by Gasteiger charge is -2.19. The maximum atomic E-state index is 13.9. The number of pyridine rings is 1. The second-order valence-electron chi connectivity index (χ2n) is 8.82. The van der Waals surface area contributed by atoms with Gasteiger partial charge in [-0.2, -0.15) is 9.49 Å². The summed E-state index contributed by atoms with van der Waals surface area (Å²) >= 11 is 0. The summed E-state index contributed by atoms with van der Waals surface area (Å²) < 4.78 is 13.9. The van der Waals surface area contributed by atoms with Crippen LogP contribution in [0.4, 0.5) is 15.9 Å². The topological polar surface area (TPSA) is 78.4 Å². The Kier molecular flexibility index (Phi) is 5.59. The highest BCUT2D eigenvalue weighted by molar-refractivity contribution is 6.07. The number of carbonyl (C=O) groups is 1. The summed E-state index contributed by atoms with van der Waals surface area (Å²) in [5.74, 6) is -0.784. The van der Waals surface area contributed by atoms with Gasteiger partial charge in [-0.15, -0.1) is 0 Å². The zero-order valence-electron chi connectivity index (χ0n) is 17.9. The van der Waals surface area contributed by atoms with Gasteiger partial charge in [0.15, 0.2) is 0 Å². The highest BCUT2D eigenvalue weighted by Crippen LogP contribution is 2.25. The third-order valence-corrected chi connectivity index (χ3v) is 5.31. The van der Waals surface area contributed by atoms with Crippen molar-refractivity contribution in [2.75, 3.05) is 10.6 Å². The molecule has 3 N–H and O–H groups in total. The van der Waals surface area contributed by atoms with Crippen molar-refractivity contribution in [3.8, 4) is 0 Å². The van der Waals surface area contributed by atoms with Crippen LogP contribution in [0.3, 0.4) is 0 Å². The van der Waals surface area contributed by atoms with Crippen molar-refractivity contribution in [1.82, 2.24) is 10.4 Å². The van der Waals surface area contributed by atoms with E-state index in [9.17, 15) is 9.18 Å². The fraction of sp³-hybridized carbons (Fsp3) is 0.292. The average Bonchev–Trinajstić information content (AvgIpc) is 2.85. The number of amides is 1. The quantitative estimate of drug-likeness (QED) is 0.626. The van der Waals surface area contributed by atoms with E-state index in [4.69, 9.17) is 0 Å². The molecule has 2 bridgehead atoms. The van der Waals surface area contributed by atoms with Gasteiger partial charge in [-0.25, -0.2) is 4.98 Å². The molecule has 0 spiro atoms. The van der Waals surface area contributed by atoms with E-state index in [0.29, 0.717) is 12.1 Å². The first kappa shape index (κ1) is 20.8. The van der Waals surface area contributed by atoms with Crippen molar-refractivity contribution in [2.24, 2.45) is 5.10 Å². The first-order valence-electron chi connectivity index (χ1n) is 10.3. The van der Waals surface area contributed by atoms with Gasteiger partial charge in [-0.1, -0.05) is 39.0 Å². The van der Waals surface area contributed by atoms with E-state index >= 15 is 0 Å². The van der Waals surface area contributed by atoms with Crippen LogP contribution in [0.15, 0.2) is 64.9 Å². The van der Waals surface area contributed by atoms with Crippen molar-refractivity contribution in [2.45, 2.75) is 45.1 Å². The molecule has 2 heterocycles. The molecule has 4 rings (SSSR count). The number of hydrogen-bond acceptors (Lipinski definition) is 5. The second kappa shape index (κ2) is 8.34. The van der Waals surface area contributed by atoms with Crippen LogP contribution in [-0.4, -0.2) is 23.1 Å². The SMILES string of the molecule is CC(C)(C)c1ccc(NC(=O)c2ccc(F)nc2NC2C=C3CC(=CC2)C=NN3)cc1. The number of benzene rings is 1. The predicted molar refractivity (Wildman–Crippen MR) is 122 cm³/mol. The Morgan fingerprint density at radius 1 is 1.16 bits per heavy atom. The number of hydrogen-bond donors (Lipinski definition) is 3. The van der Waals surface area contributed by atoms with Crippen LogP contribution in [0.25, 0.3) is 0 Å². The third kappa shape index (κ3) is 4.99. The number of carbonyl (C=O) groups excluding carboxylic acids is 1. The van der Waals surface area contributed by atoms with Crippen molar-refractivity contribution in [3.63, 3.8) is 0 Å². The molecular formula is C24H26FN5O. The molecule has 0 saturated heterocycles. The van der Waals surface area contributed by atoms with E-state index < -0.39 is 5.95 Å². The Labute approximate surface area is 181 Å². The van der Waals surface area contributed by atoms with Gasteiger partial charge in [-0.3, -0.25) is 10.2 Å². The first-order valence-corrected chi connectivity index (χ1v) is 10.3. The first-order chi connectivity index (χ1) is 14.8. The molecule has 6 nitrogen and oxygen atoms in total. The molecular weight excluding hydrogens is 393 g/mol. The van der Waals surface area contributed by atoms with Gasteiger partial charge in [0.25, 0.3) is 5.91 Å². The minimum absolute atomic E-state index is 0.0290. The maximum absolute atomic E-state index is 13.9. The molecule has 2 aliphatic rings. The molecule has 160 valence electrons. The number of rotatable bonds is 4. The van der Waals surface area contributed by atoms with Crippen LogP contribution >= 0.6 is 0 Å². The van der Waals surface area contributed by atoms with Gasteiger partial charge in [0.05, 0.1) is 17.8 Å². The normalized spacial score (nSPS) is 17.7. The molecule has 31 heavy (non-hydrogen) atoms. The maximum Gasteiger partial charge on any atom is 0.259 e. The van der Waals surface area contributed by atoms with Crippen LogP contribution in [0.2, 0.25) is 0 Å². The summed E-state index contributed by atoms with van der Waals surface area (Å²) in [5.41, 5.74) is 7.22. The second-order valence-corrected chi connectivity index (χ2v) is 8.82. The van der Waals surface area contributed by atoms with E-state index in [1.54, 1.807) is 6.21 Å². The lowest BCUT2D eigenvalue weighted by molar-refractivity contribution is 0.102. The van der Waals surface area contributed by atoms with Crippen LogP contribution < -0.4 is 16.1 Å². The van der Waals surface area contributed by atoms with Crippen molar-refractivity contribution in [3.05, 3.63) is 76.9 Å². The van der Waals surface area contributed by atoms with E-state index in [-0.39, 0.29) is 28.7 Å². The Balaban J connectivity index is 1.53. The molecule has 7 heteroatoms. The van der Waals surface area contributed by atoms with Crippen LogP contribution in [0, 0.1) is 5.95 Å². The number of fused-ring (bicyclic) bond motifs is 2. The van der Waals surface area contributed by atoms with Crippen LogP contribution in [0.1, 0.15) is 49.5 Å². The molecule has 0 saturated carbocycles. The molecule has 1 unspecified atom stereocenters. The molecule has 1 aromatic carbocycles. The van der Waals surface area contributed by atoms with E-state index in [1.807, 2.05) is 30.3 Å². The number of nitrogens with zero attached hydrogens (tertiary/aromatic N) is 2. The van der Waals surface area contributed by atoms with Crippen molar-refractivity contribution >= 4 is 23.6 Å². The summed E-state index contributed by atoms with van der Waals surface area (Å²) in [6.45, 7) is 6.41. The van der Waals surface area contributed by atoms with Crippen molar-refractivity contribution < 1.29 is 9.18 Å². The highest BCUT2D eigenvalue weighted by Gasteiger charge is 2.20. The molecule has 1 aliphatic heterocycles. The fourth-order valence-corrected chi connectivity index (χ4v) is 3.57. The Morgan fingerprint density at radius 2 is 1.94 bits per heavy atom. The minimum atomic E-state index is -0.645. The molecule has 1 aromatic heterocycles. The highest BCUT2D eigenvalue weighted by atomic mass is 19.1. The Bertz CT molecular complexity index is 1080. The Hall–Kier alpha value is -3.48. The number of anilines is 2. The van der Waals surface area contributed by atoms with E-state index in [1.165, 1.54) is 17.7 Å². The zero-order valence-corrected chi connectivity index (χ0v) is 17.9. The number of allylic oxidation sites excluding steroid dienone is 1. The van der Waals surface area contributed by atoms with E-state index in [0.717, 1.165) is 17.7 Å². The smallest absolute Gasteiger partial charge is 0.259 e. The third-order valence-electron chi connectivity index (χ3n) is 5.31. The summed E-state index contributed by atoms with van der Waals surface area (Å²) in [7, 11) is 0. The number of aromatic nitrogens is 1. The standard InChI is InChI=1S/C24H26FN5O/c1-24(2,3)16-5-8-17(9-6-16)28-23(31)20-10-11-21(25)29-22(20)27-18-7-4-15-12-19(13-18)30-26-14-15/h4-6,8-11,13-14,18,30H,7,12H2,1-3H3,(H,27,29)(H,28,31). The number of hydrazone groups is 1. The molecule has 1 aliphatic carbocycles. The lowest BCUT2D eigenvalue weighted by atomic mass is 9.87. The zero-order chi connectivity index (χ0) is 22.0. The van der Waals surface area contributed by atoms with Gasteiger partial charge in [0.2, 0.25) is 5.95 Å². The summed E-state index contributed by atoms with van der Waals surface area (Å²) in [5, 5.41) is 10.2. The van der Waals surface area contributed by atoms with Gasteiger partial charge in [0.1, 0.15) is 5.82 Å². The summed E-state index contributed by atoms with van der Waals surface area (Å²) in [4.78, 5) is 16.9. The molecule has 2 aromatic rings. The van der Waals surface area contributed by atoms with Crippen LogP contribution in [0.5, 0.6) is 0 Å². The summed E-state index contributed by atoms with van der Waals surface area (Å²) in [6, 6.07) is 10.2. The Morgan fingerprint density at radius 3 is 2.68 bits per heavy atom. The van der Waals surface area contributed by atoms with E-state index in [2.05, 4.69) is 53.0 Å². The van der Waals surface area contributed by atoms with Gasteiger partial charge < -0.3 is 10.6 Å². The molecule has 1 atom stereocenters.